The van der Waals surface area contributed by atoms with E-state index < -0.39 is 0 Å². The Hall–Kier alpha value is 0.310. The van der Waals surface area contributed by atoms with Gasteiger partial charge in [0.2, 0.25) is 0 Å². The molecule has 1 saturated heterocycles. The van der Waals surface area contributed by atoms with Crippen LogP contribution >= 0.6 is 11.8 Å². The number of hydrogen-bond donors (Lipinski definition) is 1. The second-order valence-electron chi connectivity index (χ2n) is 5.86. The Morgan fingerprint density at radius 3 is 2.88 bits per heavy atom. The average molecular weight is 241 g/mol. The van der Waals surface area contributed by atoms with Crippen molar-refractivity contribution in [3.8, 4) is 0 Å². The third kappa shape index (κ3) is 4.29. The van der Waals surface area contributed by atoms with Gasteiger partial charge in [-0.15, -0.1) is 0 Å². The molecular weight excluding hydrogens is 214 g/mol. The van der Waals surface area contributed by atoms with E-state index in [1.807, 2.05) is 0 Å². The Morgan fingerprint density at radius 2 is 2.12 bits per heavy atom. The Balaban J connectivity index is 1.50. The SMILES string of the molecule is CC1CCCC(CCNCC2CCSC2)C1. The molecule has 2 rings (SSSR count). The van der Waals surface area contributed by atoms with E-state index >= 15 is 0 Å². The summed E-state index contributed by atoms with van der Waals surface area (Å²) in [7, 11) is 0. The third-order valence-corrected chi connectivity index (χ3v) is 5.46. The predicted molar refractivity (Wildman–Crippen MR) is 74.0 cm³/mol. The van der Waals surface area contributed by atoms with Crippen molar-refractivity contribution in [3.05, 3.63) is 0 Å². The lowest BCUT2D eigenvalue weighted by Gasteiger charge is -2.26. The number of thioether (sulfide) groups is 1. The maximum absolute atomic E-state index is 3.68. The van der Waals surface area contributed by atoms with Crippen molar-refractivity contribution in [1.82, 2.24) is 5.32 Å². The van der Waals surface area contributed by atoms with Gasteiger partial charge in [-0.2, -0.15) is 11.8 Å². The molecule has 2 fully saturated rings. The van der Waals surface area contributed by atoms with Crippen LogP contribution in [0, 0.1) is 17.8 Å². The summed E-state index contributed by atoms with van der Waals surface area (Å²) in [4.78, 5) is 0. The molecule has 3 unspecified atom stereocenters. The Labute approximate surface area is 105 Å². The zero-order valence-electron chi connectivity index (χ0n) is 10.7. The first-order valence-electron chi connectivity index (χ1n) is 7.13. The number of nitrogens with one attached hydrogen (secondary N) is 1. The molecule has 94 valence electrons. The zero-order chi connectivity index (χ0) is 11.2. The van der Waals surface area contributed by atoms with E-state index in [1.165, 1.54) is 63.1 Å². The first kappa shape index (κ1) is 12.8. The molecule has 0 spiro atoms. The normalized spacial score (nSPS) is 35.4. The van der Waals surface area contributed by atoms with Crippen LogP contribution in [-0.2, 0) is 0 Å². The largest absolute Gasteiger partial charge is 0.316 e. The van der Waals surface area contributed by atoms with Crippen molar-refractivity contribution in [1.29, 1.82) is 0 Å². The average Bonchev–Trinajstić information content (AvgIpc) is 2.77. The van der Waals surface area contributed by atoms with Crippen molar-refractivity contribution in [2.24, 2.45) is 17.8 Å². The molecular formula is C14H27NS. The summed E-state index contributed by atoms with van der Waals surface area (Å²) >= 11 is 2.13. The quantitative estimate of drug-likeness (QED) is 0.739. The molecule has 0 bridgehead atoms. The van der Waals surface area contributed by atoms with Gasteiger partial charge in [-0.25, -0.2) is 0 Å². The molecule has 0 radical (unpaired) electrons. The van der Waals surface area contributed by atoms with Gasteiger partial charge in [-0.3, -0.25) is 0 Å². The summed E-state index contributed by atoms with van der Waals surface area (Å²) in [6.45, 7) is 4.96. The van der Waals surface area contributed by atoms with E-state index in [0.717, 1.165) is 17.8 Å². The van der Waals surface area contributed by atoms with Crippen molar-refractivity contribution >= 4 is 11.8 Å². The van der Waals surface area contributed by atoms with Gasteiger partial charge in [0.1, 0.15) is 0 Å². The van der Waals surface area contributed by atoms with Gasteiger partial charge in [-0.1, -0.05) is 26.2 Å². The topological polar surface area (TPSA) is 12.0 Å². The molecule has 0 aromatic heterocycles. The summed E-state index contributed by atoms with van der Waals surface area (Å²) in [5.74, 6) is 5.77. The van der Waals surface area contributed by atoms with Gasteiger partial charge in [0.05, 0.1) is 0 Å². The molecule has 2 heteroatoms. The minimum absolute atomic E-state index is 0.968. The molecule has 0 aromatic rings. The van der Waals surface area contributed by atoms with Crippen LogP contribution in [0.15, 0.2) is 0 Å². The molecule has 1 aliphatic carbocycles. The summed E-state index contributed by atoms with van der Waals surface area (Å²) in [5.41, 5.74) is 0. The van der Waals surface area contributed by atoms with Crippen LogP contribution in [0.2, 0.25) is 0 Å². The summed E-state index contributed by atoms with van der Waals surface area (Å²) in [6.07, 6.45) is 8.79. The molecule has 1 saturated carbocycles. The van der Waals surface area contributed by atoms with Crippen LogP contribution in [0.5, 0.6) is 0 Å². The second kappa shape index (κ2) is 6.90. The number of rotatable bonds is 5. The maximum Gasteiger partial charge on any atom is -0.00123 e. The molecule has 0 aromatic carbocycles. The van der Waals surface area contributed by atoms with Gasteiger partial charge in [0.15, 0.2) is 0 Å². The Kier molecular flexibility index (Phi) is 5.51. The lowest BCUT2D eigenvalue weighted by atomic mass is 9.81. The predicted octanol–water partition coefficient (Wildman–Crippen LogP) is 3.55. The first-order valence-corrected chi connectivity index (χ1v) is 8.28. The Bertz CT molecular complexity index is 189. The van der Waals surface area contributed by atoms with E-state index in [9.17, 15) is 0 Å². The van der Waals surface area contributed by atoms with E-state index in [1.54, 1.807) is 0 Å². The highest BCUT2D eigenvalue weighted by Gasteiger charge is 2.19. The summed E-state index contributed by atoms with van der Waals surface area (Å²) in [6, 6.07) is 0. The van der Waals surface area contributed by atoms with E-state index in [0.29, 0.717) is 0 Å². The van der Waals surface area contributed by atoms with Crippen LogP contribution in [0.4, 0.5) is 0 Å². The molecule has 16 heavy (non-hydrogen) atoms. The van der Waals surface area contributed by atoms with Gasteiger partial charge in [0.25, 0.3) is 0 Å². The highest BCUT2D eigenvalue weighted by Crippen LogP contribution is 2.30. The lowest BCUT2D eigenvalue weighted by molar-refractivity contribution is 0.266. The van der Waals surface area contributed by atoms with Crippen LogP contribution in [0.3, 0.4) is 0 Å². The van der Waals surface area contributed by atoms with Crippen molar-refractivity contribution in [3.63, 3.8) is 0 Å². The maximum atomic E-state index is 3.68. The zero-order valence-corrected chi connectivity index (χ0v) is 11.5. The summed E-state index contributed by atoms with van der Waals surface area (Å²) < 4.78 is 0. The van der Waals surface area contributed by atoms with E-state index in [4.69, 9.17) is 0 Å². The van der Waals surface area contributed by atoms with Crippen LogP contribution in [-0.4, -0.2) is 24.6 Å². The standard InChI is InChI=1S/C14H27NS/c1-12-3-2-4-13(9-12)5-7-15-10-14-6-8-16-11-14/h12-15H,2-11H2,1H3. The number of hydrogen-bond acceptors (Lipinski definition) is 2. The molecule has 1 aliphatic heterocycles. The van der Waals surface area contributed by atoms with Crippen LogP contribution in [0.1, 0.15) is 45.4 Å². The molecule has 1 heterocycles. The first-order chi connectivity index (χ1) is 7.84. The van der Waals surface area contributed by atoms with Crippen LogP contribution in [0.25, 0.3) is 0 Å². The molecule has 1 N–H and O–H groups in total. The third-order valence-electron chi connectivity index (χ3n) is 4.23. The second-order valence-corrected chi connectivity index (χ2v) is 7.01. The summed E-state index contributed by atoms with van der Waals surface area (Å²) in [5, 5.41) is 3.68. The molecule has 3 atom stereocenters. The van der Waals surface area contributed by atoms with E-state index in [-0.39, 0.29) is 0 Å². The van der Waals surface area contributed by atoms with Gasteiger partial charge < -0.3 is 5.32 Å². The molecule has 2 aliphatic rings. The van der Waals surface area contributed by atoms with Gasteiger partial charge in [0, 0.05) is 0 Å². The lowest BCUT2D eigenvalue weighted by Crippen LogP contribution is -2.26. The smallest absolute Gasteiger partial charge is 0.00123 e. The van der Waals surface area contributed by atoms with Crippen molar-refractivity contribution in [2.75, 3.05) is 24.6 Å². The van der Waals surface area contributed by atoms with Crippen molar-refractivity contribution in [2.45, 2.75) is 45.4 Å². The highest BCUT2D eigenvalue weighted by atomic mass is 32.2. The fraction of sp³-hybridized carbons (Fsp3) is 1.00. The Morgan fingerprint density at radius 1 is 1.19 bits per heavy atom. The molecule has 0 amide bonds. The van der Waals surface area contributed by atoms with Gasteiger partial charge in [-0.05, 0) is 61.6 Å². The fourth-order valence-corrected chi connectivity index (χ4v) is 4.46. The highest BCUT2D eigenvalue weighted by molar-refractivity contribution is 7.99. The van der Waals surface area contributed by atoms with Crippen LogP contribution < -0.4 is 5.32 Å². The molecule has 1 nitrogen and oxygen atoms in total. The minimum Gasteiger partial charge on any atom is -0.316 e. The van der Waals surface area contributed by atoms with E-state index in [2.05, 4.69) is 24.0 Å². The monoisotopic (exact) mass is 241 g/mol. The fourth-order valence-electron chi connectivity index (χ4n) is 3.18. The van der Waals surface area contributed by atoms with Gasteiger partial charge >= 0.3 is 0 Å². The minimum atomic E-state index is 0.968. The van der Waals surface area contributed by atoms with Crippen molar-refractivity contribution < 1.29 is 0 Å².